The lowest BCUT2D eigenvalue weighted by Gasteiger charge is -2.07. The summed E-state index contributed by atoms with van der Waals surface area (Å²) in [6.07, 6.45) is 2.26. The van der Waals surface area contributed by atoms with Gasteiger partial charge in [0.15, 0.2) is 0 Å². The number of aromatic amines is 1. The summed E-state index contributed by atoms with van der Waals surface area (Å²) in [4.78, 5) is 16.3. The highest BCUT2D eigenvalue weighted by atomic mass is 16.2. The molecule has 0 unspecified atom stereocenters. The zero-order chi connectivity index (χ0) is 13.4. The van der Waals surface area contributed by atoms with Gasteiger partial charge in [0.05, 0.1) is 0 Å². The molecule has 1 amide bonds. The molecule has 1 saturated carbocycles. The van der Waals surface area contributed by atoms with Crippen LogP contribution in [0.25, 0.3) is 0 Å². The minimum atomic E-state index is -0.267. The fraction of sp³-hybridized carbons (Fsp3) is 0.357. The van der Waals surface area contributed by atoms with Gasteiger partial charge in [-0.25, -0.2) is 4.98 Å². The maximum Gasteiger partial charge on any atom is 0.295 e. The predicted molar refractivity (Wildman–Crippen MR) is 72.2 cm³/mol. The van der Waals surface area contributed by atoms with Crippen molar-refractivity contribution in [3.63, 3.8) is 0 Å². The Morgan fingerprint density at radius 1 is 1.37 bits per heavy atom. The van der Waals surface area contributed by atoms with E-state index in [9.17, 15) is 4.79 Å². The van der Waals surface area contributed by atoms with Gasteiger partial charge in [-0.3, -0.25) is 9.89 Å². The Labute approximate surface area is 111 Å². The van der Waals surface area contributed by atoms with Crippen LogP contribution in [-0.2, 0) is 0 Å². The zero-order valence-corrected chi connectivity index (χ0v) is 11.0. The molecule has 1 aliphatic rings. The lowest BCUT2D eigenvalue weighted by atomic mass is 10.1. The molecule has 0 atom stereocenters. The van der Waals surface area contributed by atoms with Crippen molar-refractivity contribution >= 4 is 11.6 Å². The van der Waals surface area contributed by atoms with Crippen molar-refractivity contribution in [2.45, 2.75) is 32.6 Å². The molecular weight excluding hydrogens is 240 g/mol. The van der Waals surface area contributed by atoms with Crippen molar-refractivity contribution in [1.29, 1.82) is 0 Å². The molecule has 1 aromatic carbocycles. The standard InChI is InChI=1S/C14H16N4O/c1-8-3-4-9(2)11(7-8)15-14(19)13-16-12(17-18-13)10-5-6-10/h3-4,7,10H,5-6H2,1-2H3,(H,15,19)(H,16,17,18). The van der Waals surface area contributed by atoms with Gasteiger partial charge in [-0.15, -0.1) is 5.10 Å². The highest BCUT2D eigenvalue weighted by molar-refractivity contribution is 6.01. The molecule has 1 fully saturated rings. The van der Waals surface area contributed by atoms with Gasteiger partial charge in [0.2, 0.25) is 5.82 Å². The molecule has 0 aliphatic heterocycles. The van der Waals surface area contributed by atoms with Crippen LogP contribution in [0.1, 0.15) is 46.3 Å². The number of nitrogens with one attached hydrogen (secondary N) is 2. The van der Waals surface area contributed by atoms with E-state index in [0.717, 1.165) is 35.5 Å². The molecule has 2 aromatic rings. The maximum absolute atomic E-state index is 12.1. The van der Waals surface area contributed by atoms with Gasteiger partial charge in [0.25, 0.3) is 5.91 Å². The predicted octanol–water partition coefficient (Wildman–Crippen LogP) is 2.55. The summed E-state index contributed by atoms with van der Waals surface area (Å²) in [5, 5.41) is 9.67. The second-order valence-electron chi connectivity index (χ2n) is 5.09. The Morgan fingerprint density at radius 2 is 2.16 bits per heavy atom. The van der Waals surface area contributed by atoms with Crippen LogP contribution >= 0.6 is 0 Å². The molecule has 19 heavy (non-hydrogen) atoms. The third kappa shape index (κ3) is 2.50. The van der Waals surface area contributed by atoms with Gasteiger partial charge >= 0.3 is 0 Å². The van der Waals surface area contributed by atoms with Crippen molar-refractivity contribution in [1.82, 2.24) is 15.2 Å². The van der Waals surface area contributed by atoms with Crippen molar-refractivity contribution in [2.75, 3.05) is 5.32 Å². The van der Waals surface area contributed by atoms with E-state index in [2.05, 4.69) is 20.5 Å². The third-order valence-corrected chi connectivity index (χ3v) is 3.31. The summed E-state index contributed by atoms with van der Waals surface area (Å²) in [5.74, 6) is 1.24. The van der Waals surface area contributed by atoms with Crippen LogP contribution in [0.3, 0.4) is 0 Å². The highest BCUT2D eigenvalue weighted by Crippen LogP contribution is 2.37. The van der Waals surface area contributed by atoms with Crippen LogP contribution in [0.4, 0.5) is 5.69 Å². The Morgan fingerprint density at radius 3 is 2.89 bits per heavy atom. The minimum absolute atomic E-state index is 0.211. The van der Waals surface area contributed by atoms with E-state index in [-0.39, 0.29) is 11.7 Å². The van der Waals surface area contributed by atoms with E-state index >= 15 is 0 Å². The number of anilines is 1. The molecule has 0 spiro atoms. The molecule has 5 nitrogen and oxygen atoms in total. The van der Waals surface area contributed by atoms with E-state index in [1.807, 2.05) is 32.0 Å². The first-order valence-corrected chi connectivity index (χ1v) is 6.44. The number of aryl methyl sites for hydroxylation is 2. The van der Waals surface area contributed by atoms with Gasteiger partial charge in [-0.05, 0) is 43.9 Å². The second kappa shape index (κ2) is 4.50. The largest absolute Gasteiger partial charge is 0.319 e. The number of amides is 1. The first kappa shape index (κ1) is 11.9. The summed E-state index contributed by atoms with van der Waals surface area (Å²) in [5.41, 5.74) is 2.94. The first-order chi connectivity index (χ1) is 9.13. The van der Waals surface area contributed by atoms with Gasteiger partial charge in [-0.2, -0.15) is 0 Å². The maximum atomic E-state index is 12.1. The van der Waals surface area contributed by atoms with Gasteiger partial charge in [0.1, 0.15) is 5.82 Å². The summed E-state index contributed by atoms with van der Waals surface area (Å²) >= 11 is 0. The summed E-state index contributed by atoms with van der Waals surface area (Å²) in [7, 11) is 0. The van der Waals surface area contributed by atoms with Crippen molar-refractivity contribution in [3.8, 4) is 0 Å². The van der Waals surface area contributed by atoms with E-state index < -0.39 is 0 Å². The summed E-state index contributed by atoms with van der Waals surface area (Å²) in [6.45, 7) is 3.95. The number of hydrogen-bond acceptors (Lipinski definition) is 3. The van der Waals surface area contributed by atoms with E-state index in [4.69, 9.17) is 0 Å². The van der Waals surface area contributed by atoms with Crippen LogP contribution in [0, 0.1) is 13.8 Å². The van der Waals surface area contributed by atoms with E-state index in [1.165, 1.54) is 0 Å². The molecule has 2 N–H and O–H groups in total. The van der Waals surface area contributed by atoms with Gasteiger partial charge in [0, 0.05) is 11.6 Å². The zero-order valence-electron chi connectivity index (χ0n) is 11.0. The average molecular weight is 256 g/mol. The molecule has 0 bridgehead atoms. The number of benzene rings is 1. The molecular formula is C14H16N4O. The molecule has 0 saturated heterocycles. The number of nitrogens with zero attached hydrogens (tertiary/aromatic N) is 2. The molecule has 98 valence electrons. The Bertz CT molecular complexity index is 628. The third-order valence-electron chi connectivity index (χ3n) is 3.31. The van der Waals surface area contributed by atoms with Crippen LogP contribution in [0.2, 0.25) is 0 Å². The average Bonchev–Trinajstić information content (AvgIpc) is 3.11. The second-order valence-corrected chi connectivity index (χ2v) is 5.09. The monoisotopic (exact) mass is 256 g/mol. The van der Waals surface area contributed by atoms with Crippen LogP contribution < -0.4 is 5.32 Å². The first-order valence-electron chi connectivity index (χ1n) is 6.44. The molecule has 1 heterocycles. The highest BCUT2D eigenvalue weighted by Gasteiger charge is 2.28. The van der Waals surface area contributed by atoms with Crippen LogP contribution in [-0.4, -0.2) is 21.1 Å². The van der Waals surface area contributed by atoms with Gasteiger partial charge in [-0.1, -0.05) is 12.1 Å². The smallest absolute Gasteiger partial charge is 0.295 e. The minimum Gasteiger partial charge on any atom is -0.319 e. The van der Waals surface area contributed by atoms with Crippen molar-refractivity contribution < 1.29 is 4.79 Å². The number of H-pyrrole nitrogens is 1. The lowest BCUT2D eigenvalue weighted by Crippen LogP contribution is -2.14. The Hall–Kier alpha value is -2.17. The molecule has 0 radical (unpaired) electrons. The number of hydrogen-bond donors (Lipinski definition) is 2. The van der Waals surface area contributed by atoms with Gasteiger partial charge < -0.3 is 5.32 Å². The van der Waals surface area contributed by atoms with Crippen molar-refractivity contribution in [3.05, 3.63) is 41.0 Å². The summed E-state index contributed by atoms with van der Waals surface area (Å²) < 4.78 is 0. The van der Waals surface area contributed by atoms with Crippen LogP contribution in [0.5, 0.6) is 0 Å². The molecule has 1 aliphatic carbocycles. The fourth-order valence-corrected chi connectivity index (χ4v) is 1.96. The molecule has 3 rings (SSSR count). The van der Waals surface area contributed by atoms with Crippen molar-refractivity contribution in [2.24, 2.45) is 0 Å². The lowest BCUT2D eigenvalue weighted by molar-refractivity contribution is 0.101. The topological polar surface area (TPSA) is 70.7 Å². The Kier molecular flexibility index (Phi) is 2.81. The van der Waals surface area contributed by atoms with E-state index in [1.54, 1.807) is 0 Å². The number of carbonyl (C=O) groups excluding carboxylic acids is 1. The molecule has 1 aromatic heterocycles. The van der Waals surface area contributed by atoms with E-state index in [0.29, 0.717) is 5.92 Å². The quantitative estimate of drug-likeness (QED) is 0.886. The number of aromatic nitrogens is 3. The van der Waals surface area contributed by atoms with Crippen LogP contribution in [0.15, 0.2) is 18.2 Å². The normalized spacial score (nSPS) is 14.4. The number of carbonyl (C=O) groups is 1. The molecule has 5 heteroatoms. The number of rotatable bonds is 3. The Balaban J connectivity index is 1.77. The summed E-state index contributed by atoms with van der Waals surface area (Å²) in [6, 6.07) is 5.95. The SMILES string of the molecule is Cc1ccc(C)c(NC(=O)c2n[nH]c(C3CC3)n2)c1. The fourth-order valence-electron chi connectivity index (χ4n) is 1.96.